The van der Waals surface area contributed by atoms with E-state index in [-0.39, 0.29) is 23.8 Å². The monoisotopic (exact) mass is 478 g/mol. The Kier molecular flexibility index (Phi) is 6.15. The second-order valence-corrected chi connectivity index (χ2v) is 8.93. The number of nitrogens with zero attached hydrogens (tertiary/aromatic N) is 3. The van der Waals surface area contributed by atoms with Gasteiger partial charge in [-0.05, 0) is 62.6 Å². The fraction of sp³-hybridized carbons (Fsp3) is 0.346. The summed E-state index contributed by atoms with van der Waals surface area (Å²) in [6.07, 6.45) is 5.88. The van der Waals surface area contributed by atoms with Gasteiger partial charge in [-0.2, -0.15) is 5.10 Å². The first kappa shape index (κ1) is 22.9. The molecule has 1 saturated heterocycles. The molecule has 2 atom stereocenters. The third-order valence-electron chi connectivity index (χ3n) is 6.66. The highest BCUT2D eigenvalue weighted by Crippen LogP contribution is 2.45. The zero-order valence-corrected chi connectivity index (χ0v) is 19.7. The van der Waals surface area contributed by atoms with Gasteiger partial charge in [0.1, 0.15) is 17.3 Å². The second kappa shape index (κ2) is 9.40. The van der Waals surface area contributed by atoms with Crippen LogP contribution >= 0.6 is 0 Å². The van der Waals surface area contributed by atoms with E-state index in [0.29, 0.717) is 30.9 Å². The number of hydrogen-bond donors (Lipinski definition) is 1. The molecule has 2 aromatic carbocycles. The number of amides is 2. The van der Waals surface area contributed by atoms with Crippen LogP contribution in [0.15, 0.2) is 48.8 Å². The van der Waals surface area contributed by atoms with Gasteiger partial charge in [0.2, 0.25) is 5.91 Å². The number of nitrogens with one attached hydrogen (secondary N) is 1. The first-order valence-corrected chi connectivity index (χ1v) is 11.7. The number of benzene rings is 2. The molecule has 35 heavy (non-hydrogen) atoms. The second-order valence-electron chi connectivity index (χ2n) is 8.93. The zero-order valence-electron chi connectivity index (χ0n) is 19.7. The summed E-state index contributed by atoms with van der Waals surface area (Å²) in [6.45, 7) is 2.61. The van der Waals surface area contributed by atoms with Crippen LogP contribution in [0.4, 0.5) is 14.9 Å². The van der Waals surface area contributed by atoms with E-state index in [0.717, 1.165) is 35.2 Å². The molecule has 1 aromatic heterocycles. The van der Waals surface area contributed by atoms with Gasteiger partial charge >= 0.3 is 6.09 Å². The lowest BCUT2D eigenvalue weighted by Gasteiger charge is -2.35. The SMILES string of the molecule is COC(=O)N1c2ccc(-c3cnn(C4CCNC(=O)C4)c3)c(Oc3ccc(F)cc3)c2CCC1C. The Bertz CT molecular complexity index is 1260. The van der Waals surface area contributed by atoms with E-state index < -0.39 is 6.09 Å². The van der Waals surface area contributed by atoms with Crippen LogP contribution in [0, 0.1) is 5.82 Å². The number of ether oxygens (including phenoxy) is 2. The highest BCUT2D eigenvalue weighted by Gasteiger charge is 2.32. The van der Waals surface area contributed by atoms with E-state index >= 15 is 0 Å². The van der Waals surface area contributed by atoms with Crippen LogP contribution in [0.3, 0.4) is 0 Å². The Balaban J connectivity index is 1.59. The number of carbonyl (C=O) groups is 2. The number of anilines is 1. The molecule has 182 valence electrons. The van der Waals surface area contributed by atoms with Crippen molar-refractivity contribution in [3.8, 4) is 22.6 Å². The average Bonchev–Trinajstić information content (AvgIpc) is 3.35. The van der Waals surface area contributed by atoms with Gasteiger partial charge < -0.3 is 14.8 Å². The molecule has 0 spiro atoms. The van der Waals surface area contributed by atoms with Crippen molar-refractivity contribution in [2.75, 3.05) is 18.6 Å². The lowest BCUT2D eigenvalue weighted by Crippen LogP contribution is -2.42. The first-order chi connectivity index (χ1) is 16.9. The van der Waals surface area contributed by atoms with Crippen LogP contribution in [0.1, 0.15) is 37.8 Å². The van der Waals surface area contributed by atoms with E-state index in [4.69, 9.17) is 9.47 Å². The number of aromatic nitrogens is 2. The molecule has 2 aliphatic rings. The summed E-state index contributed by atoms with van der Waals surface area (Å²) < 4.78 is 26.7. The normalized spacial score (nSPS) is 19.6. The summed E-state index contributed by atoms with van der Waals surface area (Å²) in [7, 11) is 1.37. The Morgan fingerprint density at radius 1 is 1.17 bits per heavy atom. The van der Waals surface area contributed by atoms with Crippen LogP contribution in [0.25, 0.3) is 11.1 Å². The van der Waals surface area contributed by atoms with Crippen molar-refractivity contribution in [1.82, 2.24) is 15.1 Å². The predicted molar refractivity (Wildman–Crippen MR) is 128 cm³/mol. The largest absolute Gasteiger partial charge is 0.456 e. The van der Waals surface area contributed by atoms with Gasteiger partial charge in [-0.15, -0.1) is 0 Å². The van der Waals surface area contributed by atoms with E-state index in [9.17, 15) is 14.0 Å². The fourth-order valence-corrected chi connectivity index (χ4v) is 4.81. The zero-order chi connectivity index (χ0) is 24.5. The molecule has 2 unspecified atom stereocenters. The highest BCUT2D eigenvalue weighted by molar-refractivity contribution is 5.92. The molecule has 5 rings (SSSR count). The predicted octanol–water partition coefficient (Wildman–Crippen LogP) is 4.84. The van der Waals surface area contributed by atoms with Gasteiger partial charge in [0.25, 0.3) is 0 Å². The van der Waals surface area contributed by atoms with E-state index in [2.05, 4.69) is 10.4 Å². The van der Waals surface area contributed by atoms with Crippen LogP contribution in [-0.2, 0) is 16.0 Å². The number of fused-ring (bicyclic) bond motifs is 1. The van der Waals surface area contributed by atoms with Gasteiger partial charge in [0.05, 0.1) is 25.0 Å². The summed E-state index contributed by atoms with van der Waals surface area (Å²) in [5.41, 5.74) is 3.24. The number of hydrogen-bond acceptors (Lipinski definition) is 5. The topological polar surface area (TPSA) is 85.7 Å². The summed E-state index contributed by atoms with van der Waals surface area (Å²) in [4.78, 5) is 26.1. The maximum absolute atomic E-state index is 13.5. The quantitative estimate of drug-likeness (QED) is 0.580. The van der Waals surface area contributed by atoms with Crippen LogP contribution in [-0.4, -0.2) is 41.5 Å². The minimum Gasteiger partial charge on any atom is -0.456 e. The Hall–Kier alpha value is -3.88. The minimum absolute atomic E-state index is 0.00717. The van der Waals surface area contributed by atoms with Gasteiger partial charge in [0.15, 0.2) is 0 Å². The third-order valence-corrected chi connectivity index (χ3v) is 6.66. The van der Waals surface area contributed by atoms with Gasteiger partial charge in [0, 0.05) is 41.9 Å². The molecule has 9 heteroatoms. The Morgan fingerprint density at radius 3 is 2.71 bits per heavy atom. The molecule has 1 fully saturated rings. The molecule has 3 aromatic rings. The molecule has 0 radical (unpaired) electrons. The summed E-state index contributed by atoms with van der Waals surface area (Å²) in [5.74, 6) is 0.747. The number of carbonyl (C=O) groups excluding carboxylic acids is 2. The Morgan fingerprint density at radius 2 is 1.97 bits per heavy atom. The van der Waals surface area contributed by atoms with E-state index in [1.165, 1.54) is 19.2 Å². The number of halogens is 1. The molecule has 2 amide bonds. The van der Waals surface area contributed by atoms with Crippen molar-refractivity contribution >= 4 is 17.7 Å². The van der Waals surface area contributed by atoms with Crippen LogP contribution < -0.4 is 15.0 Å². The molecule has 1 N–H and O–H groups in total. The summed E-state index contributed by atoms with van der Waals surface area (Å²) >= 11 is 0. The van der Waals surface area contributed by atoms with Crippen molar-refractivity contribution < 1.29 is 23.5 Å². The molecule has 8 nitrogen and oxygen atoms in total. The molecular formula is C26H27FN4O4. The van der Waals surface area contributed by atoms with Crippen LogP contribution in [0.5, 0.6) is 11.5 Å². The summed E-state index contributed by atoms with van der Waals surface area (Å²) in [6, 6.07) is 9.62. The maximum Gasteiger partial charge on any atom is 0.414 e. The van der Waals surface area contributed by atoms with Gasteiger partial charge in [-0.25, -0.2) is 9.18 Å². The lowest BCUT2D eigenvalue weighted by molar-refractivity contribution is -0.123. The minimum atomic E-state index is -0.428. The van der Waals surface area contributed by atoms with Crippen molar-refractivity contribution in [3.05, 3.63) is 60.2 Å². The van der Waals surface area contributed by atoms with Crippen molar-refractivity contribution in [2.45, 2.75) is 44.7 Å². The maximum atomic E-state index is 13.5. The standard InChI is InChI=1S/C26H27FN4O4/c1-16-3-8-22-23(31(16)26(33)34-2)10-9-21(25(22)35-20-6-4-18(27)5-7-20)17-14-29-30(15-17)19-11-12-28-24(32)13-19/h4-7,9-10,14-16,19H,3,8,11-13H2,1-2H3,(H,28,32). The average molecular weight is 479 g/mol. The first-order valence-electron chi connectivity index (χ1n) is 11.7. The fourth-order valence-electron chi connectivity index (χ4n) is 4.81. The molecular weight excluding hydrogens is 451 g/mol. The molecule has 2 aliphatic heterocycles. The Labute approximate surface area is 202 Å². The van der Waals surface area contributed by atoms with Crippen molar-refractivity contribution in [2.24, 2.45) is 0 Å². The van der Waals surface area contributed by atoms with Crippen molar-refractivity contribution in [3.63, 3.8) is 0 Å². The van der Waals surface area contributed by atoms with E-state index in [1.807, 2.05) is 29.9 Å². The van der Waals surface area contributed by atoms with E-state index in [1.54, 1.807) is 23.2 Å². The van der Waals surface area contributed by atoms with Gasteiger partial charge in [-0.1, -0.05) is 0 Å². The van der Waals surface area contributed by atoms with Crippen molar-refractivity contribution in [1.29, 1.82) is 0 Å². The van der Waals surface area contributed by atoms with Gasteiger partial charge in [-0.3, -0.25) is 14.4 Å². The third kappa shape index (κ3) is 4.45. The number of methoxy groups -OCH3 is 1. The number of rotatable bonds is 4. The molecule has 0 saturated carbocycles. The smallest absolute Gasteiger partial charge is 0.414 e. The summed E-state index contributed by atoms with van der Waals surface area (Å²) in [5, 5.41) is 7.39. The molecule has 0 aliphatic carbocycles. The molecule has 3 heterocycles. The number of piperidine rings is 1. The lowest BCUT2D eigenvalue weighted by atomic mass is 9.92. The van der Waals surface area contributed by atoms with Crippen LogP contribution in [0.2, 0.25) is 0 Å². The molecule has 0 bridgehead atoms. The highest BCUT2D eigenvalue weighted by atomic mass is 19.1.